The molecule has 1 aliphatic heterocycles. The van der Waals surface area contributed by atoms with Crippen LogP contribution < -0.4 is 15.0 Å². The minimum absolute atomic E-state index is 0.0175. The molecule has 0 bridgehead atoms. The number of halogens is 1. The lowest BCUT2D eigenvalue weighted by atomic mass is 10.1. The number of carbonyl (C=O) groups excluding carboxylic acids is 2. The molecule has 0 aliphatic carbocycles. The van der Waals surface area contributed by atoms with E-state index in [0.717, 1.165) is 12.0 Å². The third-order valence-corrected chi connectivity index (χ3v) is 4.91. The van der Waals surface area contributed by atoms with Crippen molar-refractivity contribution in [2.24, 2.45) is 0 Å². The Morgan fingerprint density at radius 1 is 1.17 bits per heavy atom. The zero-order chi connectivity index (χ0) is 21.1. The molecule has 0 atom stereocenters. The van der Waals surface area contributed by atoms with Gasteiger partial charge in [-0.1, -0.05) is 36.7 Å². The van der Waals surface area contributed by atoms with Gasteiger partial charge in [-0.3, -0.25) is 19.8 Å². The number of ether oxygens (including phenoxy) is 1. The first kappa shape index (κ1) is 21.0. The number of nitrogens with zero attached hydrogens (tertiary/aromatic N) is 1. The quantitative estimate of drug-likeness (QED) is 0.432. The fourth-order valence-electron chi connectivity index (χ4n) is 2.90. The summed E-state index contributed by atoms with van der Waals surface area (Å²) in [6, 6.07) is 12.6. The maximum Gasteiger partial charge on any atom is 0.270 e. The van der Waals surface area contributed by atoms with Gasteiger partial charge in [0.05, 0.1) is 16.8 Å². The molecule has 3 rings (SSSR count). The second-order valence-corrected chi connectivity index (χ2v) is 7.63. The summed E-state index contributed by atoms with van der Waals surface area (Å²) < 4.78 is 5.62. The molecule has 1 aliphatic rings. The highest BCUT2D eigenvalue weighted by molar-refractivity contribution is 7.80. The molecule has 29 heavy (non-hydrogen) atoms. The van der Waals surface area contributed by atoms with Crippen LogP contribution in [0.3, 0.4) is 0 Å². The summed E-state index contributed by atoms with van der Waals surface area (Å²) >= 11 is 11.5. The van der Waals surface area contributed by atoms with Gasteiger partial charge in [0, 0.05) is 0 Å². The van der Waals surface area contributed by atoms with Crippen molar-refractivity contribution in [1.29, 1.82) is 0 Å². The molecule has 2 amide bonds. The molecule has 0 unspecified atom stereocenters. The minimum Gasteiger partial charge on any atom is -0.489 e. The van der Waals surface area contributed by atoms with Crippen molar-refractivity contribution in [3.05, 3.63) is 64.2 Å². The number of hydrogen-bond acceptors (Lipinski definition) is 4. The first-order valence-electron chi connectivity index (χ1n) is 9.26. The van der Waals surface area contributed by atoms with E-state index in [0.29, 0.717) is 22.0 Å². The lowest BCUT2D eigenvalue weighted by Gasteiger charge is -2.29. The number of hydrogen-bond donors (Lipinski definition) is 1. The van der Waals surface area contributed by atoms with Crippen molar-refractivity contribution in [2.45, 2.75) is 33.3 Å². The Hall–Kier alpha value is -2.70. The predicted molar refractivity (Wildman–Crippen MR) is 119 cm³/mol. The normalized spacial score (nSPS) is 15.8. The number of aryl methyl sites for hydroxylation is 1. The highest BCUT2D eigenvalue weighted by Gasteiger charge is 2.34. The van der Waals surface area contributed by atoms with E-state index < -0.39 is 11.8 Å². The average Bonchev–Trinajstić information content (AvgIpc) is 2.67. The van der Waals surface area contributed by atoms with Gasteiger partial charge in [0.1, 0.15) is 11.3 Å². The van der Waals surface area contributed by atoms with Crippen LogP contribution in [0.25, 0.3) is 6.08 Å². The van der Waals surface area contributed by atoms with E-state index in [-0.39, 0.29) is 16.8 Å². The van der Waals surface area contributed by atoms with Gasteiger partial charge in [-0.15, -0.1) is 0 Å². The van der Waals surface area contributed by atoms with Gasteiger partial charge in [0.25, 0.3) is 11.8 Å². The van der Waals surface area contributed by atoms with Crippen LogP contribution in [0.15, 0.2) is 48.0 Å². The van der Waals surface area contributed by atoms with Crippen LogP contribution in [-0.2, 0) is 16.0 Å². The van der Waals surface area contributed by atoms with Crippen LogP contribution >= 0.6 is 23.8 Å². The molecule has 150 valence electrons. The zero-order valence-electron chi connectivity index (χ0n) is 16.4. The molecule has 1 fully saturated rings. The Kier molecular flexibility index (Phi) is 6.35. The number of anilines is 1. The van der Waals surface area contributed by atoms with E-state index in [1.54, 1.807) is 18.2 Å². The van der Waals surface area contributed by atoms with E-state index in [9.17, 15) is 9.59 Å². The maximum absolute atomic E-state index is 13.1. The van der Waals surface area contributed by atoms with Gasteiger partial charge < -0.3 is 4.74 Å². The fraction of sp³-hybridized carbons (Fsp3) is 0.227. The van der Waals surface area contributed by atoms with Crippen LogP contribution in [-0.4, -0.2) is 23.0 Å². The lowest BCUT2D eigenvalue weighted by molar-refractivity contribution is -0.122. The number of nitrogens with one attached hydrogen (secondary N) is 1. The first-order chi connectivity index (χ1) is 13.8. The molecule has 1 saturated heterocycles. The molecule has 0 spiro atoms. The van der Waals surface area contributed by atoms with E-state index in [1.165, 1.54) is 11.0 Å². The largest absolute Gasteiger partial charge is 0.489 e. The Bertz CT molecular complexity index is 1000. The number of carbonyl (C=O) groups is 2. The Labute approximate surface area is 180 Å². The third-order valence-electron chi connectivity index (χ3n) is 4.33. The molecule has 0 saturated carbocycles. The Balaban J connectivity index is 1.93. The van der Waals surface area contributed by atoms with Crippen LogP contribution in [0.1, 0.15) is 31.9 Å². The van der Waals surface area contributed by atoms with E-state index in [4.69, 9.17) is 28.6 Å². The van der Waals surface area contributed by atoms with E-state index in [2.05, 4.69) is 12.2 Å². The SMILES string of the molecule is CCc1ccc(N2C(=O)/C(=C/c3ccc(OC(C)C)c(Cl)c3)C(=O)NC2=S)cc1. The Morgan fingerprint density at radius 3 is 2.45 bits per heavy atom. The van der Waals surface area contributed by atoms with E-state index in [1.807, 2.05) is 38.1 Å². The van der Waals surface area contributed by atoms with Gasteiger partial charge in [0.15, 0.2) is 5.11 Å². The molecule has 5 nitrogen and oxygen atoms in total. The maximum atomic E-state index is 13.1. The molecule has 0 aromatic heterocycles. The molecule has 1 heterocycles. The topological polar surface area (TPSA) is 58.6 Å². The molecule has 0 radical (unpaired) electrons. The third kappa shape index (κ3) is 4.66. The monoisotopic (exact) mass is 428 g/mol. The number of rotatable bonds is 5. The highest BCUT2D eigenvalue weighted by atomic mass is 35.5. The second-order valence-electron chi connectivity index (χ2n) is 6.83. The van der Waals surface area contributed by atoms with E-state index >= 15 is 0 Å². The van der Waals surface area contributed by atoms with Gasteiger partial charge in [-0.2, -0.15) is 0 Å². The number of thiocarbonyl (C=S) groups is 1. The number of benzene rings is 2. The van der Waals surface area contributed by atoms with Crippen molar-refractivity contribution < 1.29 is 14.3 Å². The summed E-state index contributed by atoms with van der Waals surface area (Å²) in [5.74, 6) is -0.483. The zero-order valence-corrected chi connectivity index (χ0v) is 17.9. The fourth-order valence-corrected chi connectivity index (χ4v) is 3.41. The summed E-state index contributed by atoms with van der Waals surface area (Å²) in [5, 5.41) is 3.04. The second kappa shape index (κ2) is 8.76. The molecule has 1 N–H and O–H groups in total. The summed E-state index contributed by atoms with van der Waals surface area (Å²) in [6.45, 7) is 5.86. The van der Waals surface area contributed by atoms with Crippen LogP contribution in [0.5, 0.6) is 5.75 Å². The van der Waals surface area contributed by atoms with Crippen LogP contribution in [0.2, 0.25) is 5.02 Å². The van der Waals surface area contributed by atoms with Crippen LogP contribution in [0, 0.1) is 0 Å². The van der Waals surface area contributed by atoms with Gasteiger partial charge in [0.2, 0.25) is 0 Å². The molecule has 7 heteroatoms. The summed E-state index contributed by atoms with van der Waals surface area (Å²) in [5.41, 5.74) is 2.33. The average molecular weight is 429 g/mol. The van der Waals surface area contributed by atoms with Gasteiger partial charge in [-0.05, 0) is 74.0 Å². The summed E-state index contributed by atoms with van der Waals surface area (Å²) in [7, 11) is 0. The Morgan fingerprint density at radius 2 is 1.86 bits per heavy atom. The minimum atomic E-state index is -0.542. The number of amides is 2. The van der Waals surface area contributed by atoms with Crippen molar-refractivity contribution in [3.63, 3.8) is 0 Å². The lowest BCUT2D eigenvalue weighted by Crippen LogP contribution is -2.54. The highest BCUT2D eigenvalue weighted by Crippen LogP contribution is 2.28. The van der Waals surface area contributed by atoms with Crippen molar-refractivity contribution >= 4 is 52.5 Å². The van der Waals surface area contributed by atoms with Crippen LogP contribution in [0.4, 0.5) is 5.69 Å². The van der Waals surface area contributed by atoms with Gasteiger partial charge >= 0.3 is 0 Å². The molecule has 2 aromatic rings. The van der Waals surface area contributed by atoms with Crippen molar-refractivity contribution in [3.8, 4) is 5.75 Å². The summed E-state index contributed by atoms with van der Waals surface area (Å²) in [4.78, 5) is 26.8. The standard InChI is InChI=1S/C22H21ClN2O3S/c1-4-14-5-8-16(9-6-14)25-21(27)17(20(26)24-22(25)29)11-15-7-10-19(18(23)12-15)28-13(2)3/h5-13H,4H2,1-3H3,(H,24,26,29)/b17-11+. The van der Waals surface area contributed by atoms with Crippen molar-refractivity contribution in [1.82, 2.24) is 5.32 Å². The van der Waals surface area contributed by atoms with Gasteiger partial charge in [-0.25, -0.2) is 0 Å². The predicted octanol–water partition coefficient (Wildman–Crippen LogP) is 4.52. The first-order valence-corrected chi connectivity index (χ1v) is 10.1. The van der Waals surface area contributed by atoms with Crippen molar-refractivity contribution in [2.75, 3.05) is 4.90 Å². The molecular weight excluding hydrogens is 408 g/mol. The summed E-state index contributed by atoms with van der Waals surface area (Å²) in [6.07, 6.45) is 2.37. The molecular formula is C22H21ClN2O3S. The smallest absolute Gasteiger partial charge is 0.270 e. The molecule has 2 aromatic carbocycles.